The Labute approximate surface area is 220 Å². The first-order valence-electron chi connectivity index (χ1n) is 12.2. The van der Waals surface area contributed by atoms with E-state index in [-0.39, 0.29) is 23.6 Å². The standard InChI is InChI=1S/C28H26FN5O3S/c29-22-5-1-4-21(16-22)26(35)13-10-19-8-11-20(12-9-19)25-18-31-28-33-23-6-2-7-24(17-23)38(36,37)32-15-3-14-30-27(25)34-28/h1-2,4-9,11-12,16-18,32H,3,10,13-15H2,(H2,30,31,33,34). The van der Waals surface area contributed by atoms with Gasteiger partial charge in [-0.2, -0.15) is 4.98 Å². The fourth-order valence-corrected chi connectivity index (χ4v) is 5.28. The Balaban J connectivity index is 1.34. The molecule has 1 aliphatic rings. The third-order valence-corrected chi connectivity index (χ3v) is 7.64. The van der Waals surface area contributed by atoms with Crippen LogP contribution in [0.1, 0.15) is 28.8 Å². The fraction of sp³-hybridized carbons (Fsp3) is 0.179. The van der Waals surface area contributed by atoms with Gasteiger partial charge in [0.1, 0.15) is 11.6 Å². The van der Waals surface area contributed by atoms with Crippen LogP contribution in [0.4, 0.5) is 21.8 Å². The molecule has 4 aromatic rings. The molecule has 0 saturated carbocycles. The lowest BCUT2D eigenvalue weighted by Gasteiger charge is -2.13. The molecule has 0 radical (unpaired) electrons. The van der Waals surface area contributed by atoms with Gasteiger partial charge in [-0.15, -0.1) is 0 Å². The van der Waals surface area contributed by atoms with E-state index >= 15 is 0 Å². The maximum absolute atomic E-state index is 13.4. The van der Waals surface area contributed by atoms with Crippen molar-refractivity contribution in [3.05, 3.63) is 95.9 Å². The van der Waals surface area contributed by atoms with Gasteiger partial charge in [-0.25, -0.2) is 22.5 Å². The van der Waals surface area contributed by atoms with Gasteiger partial charge >= 0.3 is 0 Å². The highest BCUT2D eigenvalue weighted by Gasteiger charge is 2.16. The van der Waals surface area contributed by atoms with Crippen LogP contribution < -0.4 is 15.4 Å². The second-order valence-corrected chi connectivity index (χ2v) is 10.7. The average Bonchev–Trinajstić information content (AvgIpc) is 2.92. The van der Waals surface area contributed by atoms with Gasteiger partial charge in [-0.1, -0.05) is 42.5 Å². The van der Waals surface area contributed by atoms with Crippen LogP contribution in [0.2, 0.25) is 0 Å². The summed E-state index contributed by atoms with van der Waals surface area (Å²) in [5, 5.41) is 6.38. The molecule has 10 heteroatoms. The van der Waals surface area contributed by atoms with Gasteiger partial charge in [-0.05, 0) is 54.3 Å². The lowest BCUT2D eigenvalue weighted by Crippen LogP contribution is -2.26. The molecule has 38 heavy (non-hydrogen) atoms. The van der Waals surface area contributed by atoms with Crippen LogP contribution in [0, 0.1) is 5.82 Å². The van der Waals surface area contributed by atoms with E-state index in [4.69, 9.17) is 0 Å². The van der Waals surface area contributed by atoms with Crippen LogP contribution in [-0.2, 0) is 16.4 Å². The molecule has 0 fully saturated rings. The molecule has 0 unspecified atom stereocenters. The van der Waals surface area contributed by atoms with Crippen molar-refractivity contribution in [1.29, 1.82) is 0 Å². The molecule has 5 rings (SSSR count). The molecule has 0 atom stereocenters. The minimum atomic E-state index is -3.62. The van der Waals surface area contributed by atoms with Gasteiger partial charge in [0, 0.05) is 42.5 Å². The van der Waals surface area contributed by atoms with Crippen LogP contribution in [-0.4, -0.2) is 37.3 Å². The molecule has 194 valence electrons. The van der Waals surface area contributed by atoms with Crippen LogP contribution in [0.15, 0.2) is 83.9 Å². The summed E-state index contributed by atoms with van der Waals surface area (Å²) >= 11 is 0. The van der Waals surface area contributed by atoms with Crippen molar-refractivity contribution in [2.24, 2.45) is 0 Å². The molecule has 2 heterocycles. The molecule has 1 aromatic heterocycles. The van der Waals surface area contributed by atoms with Crippen molar-refractivity contribution in [2.75, 3.05) is 23.7 Å². The summed E-state index contributed by atoms with van der Waals surface area (Å²) < 4.78 is 41.2. The molecule has 3 N–H and O–H groups in total. The molecular weight excluding hydrogens is 505 g/mol. The molecule has 0 spiro atoms. The SMILES string of the molecule is O=C(CCc1ccc(-c2cnc3nc2NCCCNS(=O)(=O)c2cccc(c2)N3)cc1)c1cccc(F)c1. The maximum Gasteiger partial charge on any atom is 0.240 e. The first-order chi connectivity index (χ1) is 18.4. The normalized spacial score (nSPS) is 14.7. The number of rotatable bonds is 5. The van der Waals surface area contributed by atoms with Gasteiger partial charge in [0.15, 0.2) is 5.78 Å². The zero-order chi connectivity index (χ0) is 26.5. The van der Waals surface area contributed by atoms with E-state index in [2.05, 4.69) is 25.3 Å². The van der Waals surface area contributed by atoms with E-state index in [1.807, 2.05) is 24.3 Å². The quantitative estimate of drug-likeness (QED) is 0.313. The second-order valence-electron chi connectivity index (χ2n) is 8.92. The van der Waals surface area contributed by atoms with Crippen LogP contribution in [0.25, 0.3) is 11.1 Å². The first-order valence-corrected chi connectivity index (χ1v) is 13.7. The molecular formula is C28H26FN5O3S. The number of anilines is 3. The largest absolute Gasteiger partial charge is 0.369 e. The van der Waals surface area contributed by atoms with Crippen molar-refractivity contribution < 1.29 is 17.6 Å². The number of aromatic nitrogens is 2. The van der Waals surface area contributed by atoms with Gasteiger partial charge < -0.3 is 10.6 Å². The van der Waals surface area contributed by atoms with E-state index in [1.54, 1.807) is 36.5 Å². The number of nitrogens with one attached hydrogen (secondary N) is 3. The van der Waals surface area contributed by atoms with Crippen molar-refractivity contribution in [3.63, 3.8) is 0 Å². The topological polar surface area (TPSA) is 113 Å². The number of aryl methyl sites for hydroxylation is 1. The summed E-state index contributed by atoms with van der Waals surface area (Å²) in [6.07, 6.45) is 3.10. The Hall–Kier alpha value is -4.15. The molecule has 1 aliphatic heterocycles. The van der Waals surface area contributed by atoms with E-state index in [0.29, 0.717) is 42.4 Å². The second kappa shape index (κ2) is 11.1. The molecule has 8 nitrogen and oxygen atoms in total. The van der Waals surface area contributed by atoms with Crippen molar-refractivity contribution in [2.45, 2.75) is 24.2 Å². The molecule has 0 amide bonds. The molecule has 4 bridgehead atoms. The summed E-state index contributed by atoms with van der Waals surface area (Å²) in [6, 6.07) is 20.0. The zero-order valence-electron chi connectivity index (χ0n) is 20.4. The highest BCUT2D eigenvalue weighted by atomic mass is 32.2. The molecule has 0 saturated heterocycles. The summed E-state index contributed by atoms with van der Waals surface area (Å²) in [6.45, 7) is 0.785. The zero-order valence-corrected chi connectivity index (χ0v) is 21.3. The van der Waals surface area contributed by atoms with E-state index < -0.39 is 15.8 Å². The van der Waals surface area contributed by atoms with Gasteiger partial charge in [0.2, 0.25) is 16.0 Å². The summed E-state index contributed by atoms with van der Waals surface area (Å²) in [5.74, 6) is 0.434. The van der Waals surface area contributed by atoms with E-state index in [0.717, 1.165) is 16.7 Å². The minimum absolute atomic E-state index is 0.103. The molecule has 0 aliphatic carbocycles. The molecule has 3 aromatic carbocycles. The first kappa shape index (κ1) is 25.5. The number of nitrogens with zero attached hydrogens (tertiary/aromatic N) is 2. The van der Waals surface area contributed by atoms with Gasteiger partial charge in [0.25, 0.3) is 0 Å². The third-order valence-electron chi connectivity index (χ3n) is 6.18. The lowest BCUT2D eigenvalue weighted by atomic mass is 10.0. The Morgan fingerprint density at radius 1 is 0.974 bits per heavy atom. The number of Topliss-reactive ketones (excluding diaryl/α,β-unsaturated/α-hetero) is 1. The predicted octanol–water partition coefficient (Wildman–Crippen LogP) is 4.94. The number of carbonyl (C=O) groups is 1. The highest BCUT2D eigenvalue weighted by molar-refractivity contribution is 7.89. The summed E-state index contributed by atoms with van der Waals surface area (Å²) in [4.78, 5) is 21.7. The van der Waals surface area contributed by atoms with Crippen LogP contribution >= 0.6 is 0 Å². The van der Waals surface area contributed by atoms with E-state index in [9.17, 15) is 17.6 Å². The van der Waals surface area contributed by atoms with Crippen LogP contribution in [0.3, 0.4) is 0 Å². The smallest absolute Gasteiger partial charge is 0.240 e. The number of hydrogen-bond donors (Lipinski definition) is 3. The van der Waals surface area contributed by atoms with Crippen molar-refractivity contribution in [1.82, 2.24) is 14.7 Å². The number of carbonyl (C=O) groups excluding carboxylic acids is 1. The van der Waals surface area contributed by atoms with Crippen molar-refractivity contribution in [3.8, 4) is 11.1 Å². The Morgan fingerprint density at radius 3 is 2.61 bits per heavy atom. The monoisotopic (exact) mass is 531 g/mol. The fourth-order valence-electron chi connectivity index (χ4n) is 4.16. The van der Waals surface area contributed by atoms with Gasteiger partial charge in [-0.3, -0.25) is 4.79 Å². The highest BCUT2D eigenvalue weighted by Crippen LogP contribution is 2.29. The Kier molecular flexibility index (Phi) is 7.43. The Bertz CT molecular complexity index is 1580. The van der Waals surface area contributed by atoms with Crippen LogP contribution in [0.5, 0.6) is 0 Å². The van der Waals surface area contributed by atoms with Gasteiger partial charge in [0.05, 0.1) is 4.90 Å². The predicted molar refractivity (Wildman–Crippen MR) is 145 cm³/mol. The summed E-state index contributed by atoms with van der Waals surface area (Å²) in [5.41, 5.74) is 3.60. The number of ketones is 1. The number of hydrogen-bond acceptors (Lipinski definition) is 7. The number of fused-ring (bicyclic) bond motifs is 4. The van der Waals surface area contributed by atoms with E-state index in [1.165, 1.54) is 18.2 Å². The van der Waals surface area contributed by atoms with Crippen molar-refractivity contribution >= 4 is 33.3 Å². The lowest BCUT2D eigenvalue weighted by molar-refractivity contribution is 0.0982. The number of benzene rings is 3. The minimum Gasteiger partial charge on any atom is -0.369 e. The summed E-state index contributed by atoms with van der Waals surface area (Å²) in [7, 11) is -3.62. The average molecular weight is 532 g/mol. The Morgan fingerprint density at radius 2 is 1.79 bits per heavy atom. The number of sulfonamides is 1. The number of halogens is 1. The third kappa shape index (κ3) is 6.04. The maximum atomic E-state index is 13.4.